The SMILES string of the molecule is CCNC(=NCC1CCCCN1Cc1ccccc1)NCCCN1CCCC1=O. The second-order valence-corrected chi connectivity index (χ2v) is 8.09. The summed E-state index contributed by atoms with van der Waals surface area (Å²) in [5.74, 6) is 1.20. The van der Waals surface area contributed by atoms with E-state index in [1.54, 1.807) is 0 Å². The number of rotatable bonds is 9. The summed E-state index contributed by atoms with van der Waals surface area (Å²) >= 11 is 0. The maximum atomic E-state index is 11.7. The standard InChI is InChI=1S/C23H37N5O/c1-2-24-23(25-14-9-17-27-16-8-13-22(27)29)26-18-21-12-6-7-15-28(21)19-20-10-4-3-5-11-20/h3-5,10-11,21H,2,6-9,12-19H2,1H3,(H2,24,25,26). The number of likely N-dealkylation sites (tertiary alicyclic amines) is 2. The zero-order chi connectivity index (χ0) is 20.3. The molecule has 160 valence electrons. The van der Waals surface area contributed by atoms with Crippen LogP contribution in [0.4, 0.5) is 0 Å². The molecule has 1 atom stereocenters. The van der Waals surface area contributed by atoms with E-state index in [-0.39, 0.29) is 0 Å². The molecule has 1 amide bonds. The summed E-state index contributed by atoms with van der Waals surface area (Å²) in [6, 6.07) is 11.2. The van der Waals surface area contributed by atoms with Gasteiger partial charge >= 0.3 is 0 Å². The van der Waals surface area contributed by atoms with Crippen molar-refractivity contribution in [3.8, 4) is 0 Å². The lowest BCUT2D eigenvalue weighted by Crippen LogP contribution is -2.43. The number of nitrogens with one attached hydrogen (secondary N) is 2. The van der Waals surface area contributed by atoms with Crippen molar-refractivity contribution >= 4 is 11.9 Å². The molecule has 2 fully saturated rings. The highest BCUT2D eigenvalue weighted by Gasteiger charge is 2.22. The third-order valence-corrected chi connectivity index (χ3v) is 5.85. The van der Waals surface area contributed by atoms with Crippen LogP contribution in [0.5, 0.6) is 0 Å². The van der Waals surface area contributed by atoms with Gasteiger partial charge in [0.1, 0.15) is 0 Å². The van der Waals surface area contributed by atoms with E-state index < -0.39 is 0 Å². The van der Waals surface area contributed by atoms with Gasteiger partial charge in [0.05, 0.1) is 6.54 Å². The van der Waals surface area contributed by atoms with E-state index >= 15 is 0 Å². The quantitative estimate of drug-likeness (QED) is 0.381. The number of carbonyl (C=O) groups is 1. The fourth-order valence-corrected chi connectivity index (χ4v) is 4.25. The molecule has 0 aliphatic carbocycles. The van der Waals surface area contributed by atoms with Crippen LogP contribution in [0.25, 0.3) is 0 Å². The van der Waals surface area contributed by atoms with Gasteiger partial charge in [0.15, 0.2) is 5.96 Å². The maximum Gasteiger partial charge on any atom is 0.222 e. The summed E-state index contributed by atoms with van der Waals surface area (Å²) in [5, 5.41) is 6.81. The third kappa shape index (κ3) is 7.03. The van der Waals surface area contributed by atoms with Gasteiger partial charge in [-0.3, -0.25) is 14.7 Å². The molecule has 29 heavy (non-hydrogen) atoms. The first kappa shape index (κ1) is 21.6. The Kier molecular flexibility index (Phi) is 8.81. The van der Waals surface area contributed by atoms with E-state index in [1.165, 1.54) is 24.8 Å². The highest BCUT2D eigenvalue weighted by atomic mass is 16.2. The molecule has 1 aromatic rings. The lowest BCUT2D eigenvalue weighted by atomic mass is 10.0. The lowest BCUT2D eigenvalue weighted by molar-refractivity contribution is -0.127. The number of piperidine rings is 1. The van der Waals surface area contributed by atoms with Gasteiger partial charge < -0.3 is 15.5 Å². The molecule has 2 aliphatic heterocycles. The van der Waals surface area contributed by atoms with E-state index in [1.807, 2.05) is 4.90 Å². The first-order chi connectivity index (χ1) is 14.3. The van der Waals surface area contributed by atoms with Gasteiger partial charge in [0.25, 0.3) is 0 Å². The van der Waals surface area contributed by atoms with Crippen LogP contribution in [-0.4, -0.2) is 67.0 Å². The van der Waals surface area contributed by atoms with Gasteiger partial charge in [-0.1, -0.05) is 36.8 Å². The van der Waals surface area contributed by atoms with Crippen LogP contribution < -0.4 is 10.6 Å². The summed E-state index contributed by atoms with van der Waals surface area (Å²) in [5.41, 5.74) is 1.38. The molecule has 6 heteroatoms. The average molecular weight is 400 g/mol. The van der Waals surface area contributed by atoms with Crippen LogP contribution in [0.15, 0.2) is 35.3 Å². The van der Waals surface area contributed by atoms with E-state index in [4.69, 9.17) is 4.99 Å². The second kappa shape index (κ2) is 11.8. The highest BCUT2D eigenvalue weighted by Crippen LogP contribution is 2.20. The molecule has 2 N–H and O–H groups in total. The molecule has 3 rings (SSSR count). The first-order valence-electron chi connectivity index (χ1n) is 11.3. The molecule has 6 nitrogen and oxygen atoms in total. The number of aliphatic imine (C=N–C) groups is 1. The zero-order valence-corrected chi connectivity index (χ0v) is 17.9. The molecular formula is C23H37N5O. The van der Waals surface area contributed by atoms with Crippen LogP contribution in [0.1, 0.15) is 51.0 Å². The van der Waals surface area contributed by atoms with Crippen LogP contribution >= 0.6 is 0 Å². The van der Waals surface area contributed by atoms with Crippen molar-refractivity contribution in [1.82, 2.24) is 20.4 Å². The van der Waals surface area contributed by atoms with E-state index in [0.717, 1.165) is 71.0 Å². The molecular weight excluding hydrogens is 362 g/mol. The number of carbonyl (C=O) groups excluding carboxylic acids is 1. The number of hydrogen-bond donors (Lipinski definition) is 2. The third-order valence-electron chi connectivity index (χ3n) is 5.85. The average Bonchev–Trinajstić information content (AvgIpc) is 3.15. The molecule has 2 heterocycles. The number of guanidine groups is 1. The van der Waals surface area contributed by atoms with Crippen molar-refractivity contribution in [1.29, 1.82) is 0 Å². The molecule has 0 aromatic heterocycles. The summed E-state index contributed by atoms with van der Waals surface area (Å²) in [6.45, 7) is 8.56. The molecule has 1 unspecified atom stereocenters. The Morgan fingerprint density at radius 3 is 2.76 bits per heavy atom. The summed E-state index contributed by atoms with van der Waals surface area (Å²) < 4.78 is 0. The van der Waals surface area contributed by atoms with Crippen molar-refractivity contribution in [2.45, 2.75) is 58.0 Å². The minimum absolute atomic E-state index is 0.307. The summed E-state index contributed by atoms with van der Waals surface area (Å²) in [6.07, 6.45) is 6.47. The monoisotopic (exact) mass is 399 g/mol. The Hall–Kier alpha value is -2.08. The van der Waals surface area contributed by atoms with Gasteiger partial charge in [-0.25, -0.2) is 0 Å². The van der Waals surface area contributed by atoms with E-state index in [0.29, 0.717) is 11.9 Å². The lowest BCUT2D eigenvalue weighted by Gasteiger charge is -2.35. The number of amides is 1. The largest absolute Gasteiger partial charge is 0.357 e. The van der Waals surface area contributed by atoms with Crippen molar-refractivity contribution in [2.75, 3.05) is 39.3 Å². The topological polar surface area (TPSA) is 60.0 Å². The molecule has 2 aliphatic rings. The predicted molar refractivity (Wildman–Crippen MR) is 119 cm³/mol. The zero-order valence-electron chi connectivity index (χ0n) is 17.9. The molecule has 1 aromatic carbocycles. The fraction of sp³-hybridized carbons (Fsp3) is 0.652. The Bertz CT molecular complexity index is 648. The van der Waals surface area contributed by atoms with Crippen LogP contribution in [0.2, 0.25) is 0 Å². The highest BCUT2D eigenvalue weighted by molar-refractivity contribution is 5.79. The van der Waals surface area contributed by atoms with Gasteiger partial charge in [0, 0.05) is 45.2 Å². The van der Waals surface area contributed by atoms with Crippen molar-refractivity contribution in [3.05, 3.63) is 35.9 Å². The molecule has 0 saturated carbocycles. The van der Waals surface area contributed by atoms with Crippen molar-refractivity contribution in [2.24, 2.45) is 4.99 Å². The van der Waals surface area contributed by atoms with Crippen LogP contribution in [0, 0.1) is 0 Å². The van der Waals surface area contributed by atoms with E-state index in [2.05, 4.69) is 52.8 Å². The molecule has 0 bridgehead atoms. The van der Waals surface area contributed by atoms with Crippen LogP contribution in [-0.2, 0) is 11.3 Å². The minimum atomic E-state index is 0.307. The van der Waals surface area contributed by atoms with Gasteiger partial charge in [0.2, 0.25) is 5.91 Å². The van der Waals surface area contributed by atoms with Crippen molar-refractivity contribution < 1.29 is 4.79 Å². The molecule has 2 saturated heterocycles. The normalized spacial score (nSPS) is 20.9. The Morgan fingerprint density at radius 1 is 1.14 bits per heavy atom. The summed E-state index contributed by atoms with van der Waals surface area (Å²) in [4.78, 5) is 21.2. The second-order valence-electron chi connectivity index (χ2n) is 8.09. The Balaban J connectivity index is 1.47. The minimum Gasteiger partial charge on any atom is -0.357 e. The summed E-state index contributed by atoms with van der Waals surface area (Å²) in [7, 11) is 0. The molecule has 0 radical (unpaired) electrons. The van der Waals surface area contributed by atoms with Gasteiger partial charge in [-0.2, -0.15) is 0 Å². The molecule has 0 spiro atoms. The van der Waals surface area contributed by atoms with Crippen molar-refractivity contribution in [3.63, 3.8) is 0 Å². The first-order valence-corrected chi connectivity index (χ1v) is 11.3. The van der Waals surface area contributed by atoms with Gasteiger partial charge in [-0.15, -0.1) is 0 Å². The predicted octanol–water partition coefficient (Wildman–Crippen LogP) is 2.61. The number of nitrogens with zero attached hydrogens (tertiary/aromatic N) is 3. The maximum absolute atomic E-state index is 11.7. The van der Waals surface area contributed by atoms with E-state index in [9.17, 15) is 4.79 Å². The van der Waals surface area contributed by atoms with Gasteiger partial charge in [-0.05, 0) is 44.7 Å². The number of hydrogen-bond acceptors (Lipinski definition) is 3. The smallest absolute Gasteiger partial charge is 0.222 e. The fourth-order valence-electron chi connectivity index (χ4n) is 4.25. The Labute approximate surface area is 175 Å². The number of benzene rings is 1. The van der Waals surface area contributed by atoms with Crippen LogP contribution in [0.3, 0.4) is 0 Å². The Morgan fingerprint density at radius 2 is 2.00 bits per heavy atom.